The maximum Gasteiger partial charge on any atom is 0.159 e. The summed E-state index contributed by atoms with van der Waals surface area (Å²) in [5.41, 5.74) is 2.15. The van der Waals surface area contributed by atoms with E-state index in [1.165, 1.54) is 0 Å². The number of carbonyl (C=O) groups is 2. The lowest BCUT2D eigenvalue weighted by Gasteiger charge is -2.16. The van der Waals surface area contributed by atoms with Gasteiger partial charge in [0.1, 0.15) is 5.78 Å². The lowest BCUT2D eigenvalue weighted by molar-refractivity contribution is -0.121. The van der Waals surface area contributed by atoms with E-state index in [4.69, 9.17) is 0 Å². The van der Waals surface area contributed by atoms with Gasteiger partial charge in [0.15, 0.2) is 5.78 Å². The third-order valence-corrected chi connectivity index (χ3v) is 2.96. The summed E-state index contributed by atoms with van der Waals surface area (Å²) in [5.74, 6) is 0.487. The number of ketones is 2. The number of allylic oxidation sites excluding steroid dienone is 2. The first kappa shape index (κ1) is 8.67. The zero-order chi connectivity index (χ0) is 9.26. The average molecular weight is 178 g/mol. The van der Waals surface area contributed by atoms with Gasteiger partial charge in [0, 0.05) is 19.3 Å². The van der Waals surface area contributed by atoms with Crippen LogP contribution in [0.3, 0.4) is 0 Å². The first-order valence-electron chi connectivity index (χ1n) is 5.03. The summed E-state index contributed by atoms with van der Waals surface area (Å²) in [4.78, 5) is 22.9. The monoisotopic (exact) mass is 178 g/mol. The van der Waals surface area contributed by atoms with Crippen LogP contribution in [0.5, 0.6) is 0 Å². The molecule has 2 aliphatic carbocycles. The van der Waals surface area contributed by atoms with E-state index < -0.39 is 0 Å². The molecule has 2 heteroatoms. The molecule has 0 saturated heterocycles. The highest BCUT2D eigenvalue weighted by molar-refractivity contribution is 6.01. The third kappa shape index (κ3) is 1.71. The van der Waals surface area contributed by atoms with Crippen molar-refractivity contribution in [2.24, 2.45) is 0 Å². The minimum Gasteiger partial charge on any atom is -0.299 e. The Hall–Kier alpha value is -0.920. The highest BCUT2D eigenvalue weighted by Gasteiger charge is 2.24. The molecule has 0 amide bonds. The summed E-state index contributed by atoms with van der Waals surface area (Å²) >= 11 is 0. The molecule has 2 rings (SSSR count). The second kappa shape index (κ2) is 3.44. The Morgan fingerprint density at radius 3 is 2.46 bits per heavy atom. The van der Waals surface area contributed by atoms with Gasteiger partial charge in [-0.2, -0.15) is 0 Å². The molecule has 2 nitrogen and oxygen atoms in total. The standard InChI is InChI=1S/C11H14O2/c12-9-5-6-11(13)10-4-2-1-3-8(10)7-9/h1-7H2. The van der Waals surface area contributed by atoms with Crippen LogP contribution in [-0.4, -0.2) is 11.6 Å². The van der Waals surface area contributed by atoms with Crippen molar-refractivity contribution in [1.82, 2.24) is 0 Å². The summed E-state index contributed by atoms with van der Waals surface area (Å²) in [6, 6.07) is 0. The number of carbonyl (C=O) groups excluding carboxylic acids is 2. The lowest BCUT2D eigenvalue weighted by Crippen LogP contribution is -2.07. The summed E-state index contributed by atoms with van der Waals surface area (Å²) < 4.78 is 0. The van der Waals surface area contributed by atoms with E-state index in [0.29, 0.717) is 19.3 Å². The SMILES string of the molecule is O=C1CCC(=O)C2=C(CCCC2)C1. The molecule has 0 fully saturated rings. The van der Waals surface area contributed by atoms with Gasteiger partial charge in [-0.3, -0.25) is 9.59 Å². The van der Waals surface area contributed by atoms with Crippen LogP contribution in [0.25, 0.3) is 0 Å². The molecule has 0 saturated carbocycles. The molecule has 70 valence electrons. The van der Waals surface area contributed by atoms with Crippen LogP contribution >= 0.6 is 0 Å². The van der Waals surface area contributed by atoms with Gasteiger partial charge in [0.25, 0.3) is 0 Å². The predicted octanol–water partition coefficient (Wildman–Crippen LogP) is 2.18. The van der Waals surface area contributed by atoms with Gasteiger partial charge in [0.2, 0.25) is 0 Å². The second-order valence-corrected chi connectivity index (χ2v) is 3.93. The van der Waals surface area contributed by atoms with Crippen LogP contribution in [0.2, 0.25) is 0 Å². The Balaban J connectivity index is 2.30. The van der Waals surface area contributed by atoms with E-state index in [1.54, 1.807) is 0 Å². The molecule has 0 aromatic carbocycles. The Bertz CT molecular complexity index is 286. The van der Waals surface area contributed by atoms with E-state index in [1.807, 2.05) is 0 Å². The van der Waals surface area contributed by atoms with Gasteiger partial charge in [-0.05, 0) is 31.3 Å². The van der Waals surface area contributed by atoms with Crippen molar-refractivity contribution in [3.8, 4) is 0 Å². The Kier molecular flexibility index (Phi) is 2.30. The number of hydrogen-bond acceptors (Lipinski definition) is 2. The lowest BCUT2D eigenvalue weighted by atomic mass is 9.88. The minimum atomic E-state index is 0.237. The Labute approximate surface area is 78.0 Å². The second-order valence-electron chi connectivity index (χ2n) is 3.93. The molecular weight excluding hydrogens is 164 g/mol. The zero-order valence-electron chi connectivity index (χ0n) is 7.77. The fraction of sp³-hybridized carbons (Fsp3) is 0.636. The van der Waals surface area contributed by atoms with Crippen molar-refractivity contribution < 1.29 is 9.59 Å². The van der Waals surface area contributed by atoms with Crippen LogP contribution in [0, 0.1) is 0 Å². The van der Waals surface area contributed by atoms with Crippen LogP contribution in [0.4, 0.5) is 0 Å². The van der Waals surface area contributed by atoms with Gasteiger partial charge in [0.05, 0.1) is 0 Å². The van der Waals surface area contributed by atoms with E-state index in [0.717, 1.165) is 36.8 Å². The molecule has 13 heavy (non-hydrogen) atoms. The van der Waals surface area contributed by atoms with Crippen molar-refractivity contribution in [2.75, 3.05) is 0 Å². The van der Waals surface area contributed by atoms with E-state index in [2.05, 4.69) is 0 Å². The van der Waals surface area contributed by atoms with Crippen molar-refractivity contribution in [3.05, 3.63) is 11.1 Å². The van der Waals surface area contributed by atoms with Crippen LogP contribution in [-0.2, 0) is 9.59 Å². The third-order valence-electron chi connectivity index (χ3n) is 2.96. The van der Waals surface area contributed by atoms with Crippen LogP contribution < -0.4 is 0 Å². The van der Waals surface area contributed by atoms with E-state index >= 15 is 0 Å². The van der Waals surface area contributed by atoms with Crippen molar-refractivity contribution in [3.63, 3.8) is 0 Å². The Morgan fingerprint density at radius 2 is 1.62 bits per heavy atom. The summed E-state index contributed by atoms with van der Waals surface area (Å²) in [7, 11) is 0. The quantitative estimate of drug-likeness (QED) is 0.569. The molecule has 0 aromatic heterocycles. The summed E-state index contributed by atoms with van der Waals surface area (Å²) in [6.07, 6.45) is 5.65. The average Bonchev–Trinajstić information content (AvgIpc) is 2.27. The van der Waals surface area contributed by atoms with Gasteiger partial charge in [-0.1, -0.05) is 5.57 Å². The molecule has 2 aliphatic rings. The fourth-order valence-corrected chi connectivity index (χ4v) is 2.23. The topological polar surface area (TPSA) is 34.1 Å². The molecule has 0 bridgehead atoms. The van der Waals surface area contributed by atoms with Gasteiger partial charge in [-0.15, -0.1) is 0 Å². The largest absolute Gasteiger partial charge is 0.299 e. The first-order chi connectivity index (χ1) is 6.27. The molecule has 0 heterocycles. The zero-order valence-corrected chi connectivity index (χ0v) is 7.77. The highest BCUT2D eigenvalue weighted by atomic mass is 16.1. The van der Waals surface area contributed by atoms with Crippen molar-refractivity contribution in [2.45, 2.75) is 44.9 Å². The van der Waals surface area contributed by atoms with Gasteiger partial charge >= 0.3 is 0 Å². The Morgan fingerprint density at radius 1 is 0.846 bits per heavy atom. The normalized spacial score (nSPS) is 24.3. The summed E-state index contributed by atoms with van der Waals surface area (Å²) in [6.45, 7) is 0. The van der Waals surface area contributed by atoms with Crippen LogP contribution in [0.1, 0.15) is 44.9 Å². The smallest absolute Gasteiger partial charge is 0.159 e. The molecule has 0 aliphatic heterocycles. The molecule has 0 spiro atoms. The van der Waals surface area contributed by atoms with Crippen LogP contribution in [0.15, 0.2) is 11.1 Å². The number of hydrogen-bond donors (Lipinski definition) is 0. The molecular formula is C11H14O2. The van der Waals surface area contributed by atoms with Gasteiger partial charge < -0.3 is 0 Å². The van der Waals surface area contributed by atoms with Gasteiger partial charge in [-0.25, -0.2) is 0 Å². The molecule has 0 radical (unpaired) electrons. The molecule has 0 aromatic rings. The first-order valence-corrected chi connectivity index (χ1v) is 5.03. The fourth-order valence-electron chi connectivity index (χ4n) is 2.23. The minimum absolute atomic E-state index is 0.237. The molecule has 0 unspecified atom stereocenters. The predicted molar refractivity (Wildman–Crippen MR) is 49.4 cm³/mol. The molecule has 0 N–H and O–H groups in total. The number of Topliss-reactive ketones (excluding diaryl/α,β-unsaturated/α-hetero) is 2. The maximum atomic E-state index is 11.6. The maximum absolute atomic E-state index is 11.6. The highest BCUT2D eigenvalue weighted by Crippen LogP contribution is 2.31. The van der Waals surface area contributed by atoms with E-state index in [-0.39, 0.29) is 11.6 Å². The number of rotatable bonds is 0. The van der Waals surface area contributed by atoms with Crippen molar-refractivity contribution in [1.29, 1.82) is 0 Å². The van der Waals surface area contributed by atoms with E-state index in [9.17, 15) is 9.59 Å². The van der Waals surface area contributed by atoms with Crippen molar-refractivity contribution >= 4 is 11.6 Å². The molecule has 0 atom stereocenters. The summed E-state index contributed by atoms with van der Waals surface area (Å²) in [5, 5.41) is 0.